The molecule has 6 nitrogen and oxygen atoms in total. The van der Waals surface area contributed by atoms with Crippen molar-refractivity contribution in [1.29, 1.82) is 0 Å². The smallest absolute Gasteiger partial charge is 0.274 e. The van der Waals surface area contributed by atoms with Crippen LogP contribution < -0.4 is 0 Å². The number of likely N-dealkylation sites (tertiary alicyclic amines) is 1. The third kappa shape index (κ3) is 1.96. The molecule has 1 unspecified atom stereocenters. The second-order valence-corrected chi connectivity index (χ2v) is 6.49. The second-order valence-electron chi connectivity index (χ2n) is 5.61. The minimum absolute atomic E-state index is 0.0154. The van der Waals surface area contributed by atoms with Gasteiger partial charge in [-0.05, 0) is 26.7 Å². The van der Waals surface area contributed by atoms with Gasteiger partial charge in [-0.25, -0.2) is 4.98 Å². The fraction of sp³-hybridized carbons (Fsp3) is 0.400. The molecule has 4 heterocycles. The molecule has 114 valence electrons. The molecule has 3 aromatic rings. The van der Waals surface area contributed by atoms with Gasteiger partial charge in [0, 0.05) is 29.9 Å². The van der Waals surface area contributed by atoms with Gasteiger partial charge in [-0.15, -0.1) is 11.3 Å². The average molecular weight is 316 g/mol. The Labute approximate surface area is 131 Å². The van der Waals surface area contributed by atoms with Gasteiger partial charge in [0.15, 0.2) is 4.96 Å². The Kier molecular flexibility index (Phi) is 3.04. The number of fused-ring (bicyclic) bond motifs is 1. The monoisotopic (exact) mass is 316 g/mol. The first kappa shape index (κ1) is 13.5. The highest BCUT2D eigenvalue weighted by Gasteiger charge is 2.35. The molecule has 1 saturated heterocycles. The van der Waals surface area contributed by atoms with E-state index in [1.807, 2.05) is 34.7 Å². The molecule has 1 amide bonds. The van der Waals surface area contributed by atoms with E-state index in [-0.39, 0.29) is 11.9 Å². The van der Waals surface area contributed by atoms with Crippen molar-refractivity contribution in [2.75, 3.05) is 6.54 Å². The Morgan fingerprint density at radius 3 is 3.05 bits per heavy atom. The molecule has 4 rings (SSSR count). The van der Waals surface area contributed by atoms with Crippen LogP contribution in [0.4, 0.5) is 0 Å². The third-order valence-corrected chi connectivity index (χ3v) is 5.02. The number of carbonyl (C=O) groups excluding carboxylic acids is 1. The summed E-state index contributed by atoms with van der Waals surface area (Å²) < 4.78 is 7.16. The van der Waals surface area contributed by atoms with Crippen molar-refractivity contribution < 1.29 is 9.32 Å². The van der Waals surface area contributed by atoms with E-state index in [1.54, 1.807) is 6.20 Å². The number of nitrogens with zero attached hydrogens (tertiary/aromatic N) is 4. The molecule has 0 aliphatic carbocycles. The van der Waals surface area contributed by atoms with Crippen molar-refractivity contribution in [1.82, 2.24) is 19.4 Å². The molecule has 0 aromatic carbocycles. The normalized spacial score (nSPS) is 18.5. The fourth-order valence-corrected chi connectivity index (χ4v) is 3.95. The number of hydrogen-bond acceptors (Lipinski definition) is 5. The fourth-order valence-electron chi connectivity index (χ4n) is 3.25. The molecule has 0 N–H and O–H groups in total. The Morgan fingerprint density at radius 1 is 1.45 bits per heavy atom. The van der Waals surface area contributed by atoms with Crippen LogP contribution in [0.3, 0.4) is 0 Å². The van der Waals surface area contributed by atoms with E-state index in [9.17, 15) is 4.79 Å². The zero-order chi connectivity index (χ0) is 15.3. The summed E-state index contributed by atoms with van der Waals surface area (Å²) in [5.74, 6) is 0.784. The Bertz CT molecular complexity index is 799. The molecule has 1 atom stereocenters. The van der Waals surface area contributed by atoms with E-state index in [2.05, 4.69) is 10.1 Å². The lowest BCUT2D eigenvalue weighted by molar-refractivity contribution is 0.0729. The number of amides is 1. The first-order valence-electron chi connectivity index (χ1n) is 7.31. The molecule has 1 fully saturated rings. The minimum atomic E-state index is -0.0154. The van der Waals surface area contributed by atoms with Gasteiger partial charge >= 0.3 is 0 Å². The number of thiazole rings is 1. The molecule has 0 saturated carbocycles. The topological polar surface area (TPSA) is 63.6 Å². The van der Waals surface area contributed by atoms with Gasteiger partial charge in [-0.3, -0.25) is 9.20 Å². The number of rotatable bonds is 2. The highest BCUT2D eigenvalue weighted by Crippen LogP contribution is 2.36. The summed E-state index contributed by atoms with van der Waals surface area (Å²) in [6, 6.07) is 0.0403. The van der Waals surface area contributed by atoms with E-state index >= 15 is 0 Å². The van der Waals surface area contributed by atoms with Gasteiger partial charge < -0.3 is 9.42 Å². The van der Waals surface area contributed by atoms with Gasteiger partial charge in [0.2, 0.25) is 0 Å². The summed E-state index contributed by atoms with van der Waals surface area (Å²) in [5, 5.41) is 5.98. The van der Waals surface area contributed by atoms with E-state index in [1.165, 1.54) is 11.3 Å². The van der Waals surface area contributed by atoms with Crippen molar-refractivity contribution in [2.24, 2.45) is 0 Å². The van der Waals surface area contributed by atoms with E-state index in [4.69, 9.17) is 4.52 Å². The largest absolute Gasteiger partial charge is 0.361 e. The first-order valence-corrected chi connectivity index (χ1v) is 8.19. The maximum absolute atomic E-state index is 12.8. The van der Waals surface area contributed by atoms with Crippen molar-refractivity contribution in [3.05, 3.63) is 40.5 Å². The third-order valence-electron chi connectivity index (χ3n) is 4.25. The van der Waals surface area contributed by atoms with Crippen molar-refractivity contribution in [3.63, 3.8) is 0 Å². The molecule has 3 aromatic heterocycles. The zero-order valence-electron chi connectivity index (χ0n) is 12.4. The van der Waals surface area contributed by atoms with E-state index in [0.29, 0.717) is 5.69 Å². The van der Waals surface area contributed by atoms with Gasteiger partial charge in [-0.2, -0.15) is 0 Å². The quantitative estimate of drug-likeness (QED) is 0.729. The summed E-state index contributed by atoms with van der Waals surface area (Å²) in [4.78, 5) is 20.0. The summed E-state index contributed by atoms with van der Waals surface area (Å²) in [6.07, 6.45) is 5.65. The number of carbonyl (C=O) groups is 1. The van der Waals surface area contributed by atoms with Crippen LogP contribution in [0.5, 0.6) is 0 Å². The van der Waals surface area contributed by atoms with Crippen LogP contribution in [-0.2, 0) is 0 Å². The lowest BCUT2D eigenvalue weighted by Crippen LogP contribution is -2.31. The molecule has 22 heavy (non-hydrogen) atoms. The highest BCUT2D eigenvalue weighted by molar-refractivity contribution is 7.15. The molecular weight excluding hydrogens is 300 g/mol. The predicted molar refractivity (Wildman–Crippen MR) is 82.1 cm³/mol. The zero-order valence-corrected chi connectivity index (χ0v) is 13.3. The van der Waals surface area contributed by atoms with Crippen LogP contribution in [0, 0.1) is 13.8 Å². The van der Waals surface area contributed by atoms with Crippen LogP contribution in [-0.4, -0.2) is 31.9 Å². The maximum atomic E-state index is 12.8. The van der Waals surface area contributed by atoms with E-state index < -0.39 is 0 Å². The predicted octanol–water partition coefficient (Wildman–Crippen LogP) is 2.98. The number of imidazole rings is 1. The molecular formula is C15H16N4O2S. The first-order chi connectivity index (χ1) is 10.6. The molecule has 1 aliphatic heterocycles. The maximum Gasteiger partial charge on any atom is 0.274 e. The number of aromatic nitrogens is 3. The average Bonchev–Trinajstić information content (AvgIpc) is 3.21. The SMILES string of the molecule is Cc1noc(C)c1C1CCCN1C(=O)c1cn2ccsc2n1. The Morgan fingerprint density at radius 2 is 2.32 bits per heavy atom. The molecule has 7 heteroatoms. The summed E-state index contributed by atoms with van der Waals surface area (Å²) in [6.45, 7) is 4.58. The number of aryl methyl sites for hydroxylation is 2. The van der Waals surface area contributed by atoms with Crippen LogP contribution in [0.15, 0.2) is 22.3 Å². The van der Waals surface area contributed by atoms with Gasteiger partial charge in [-0.1, -0.05) is 5.16 Å². The second kappa shape index (κ2) is 4.95. The number of hydrogen-bond donors (Lipinski definition) is 0. The summed E-state index contributed by atoms with van der Waals surface area (Å²) in [5.41, 5.74) is 2.42. The van der Waals surface area contributed by atoms with Crippen LogP contribution in [0.25, 0.3) is 4.96 Å². The lowest BCUT2D eigenvalue weighted by Gasteiger charge is -2.23. The van der Waals surface area contributed by atoms with E-state index in [0.717, 1.165) is 41.4 Å². The van der Waals surface area contributed by atoms with Crippen molar-refractivity contribution in [3.8, 4) is 0 Å². The highest BCUT2D eigenvalue weighted by atomic mass is 32.1. The lowest BCUT2D eigenvalue weighted by atomic mass is 10.0. The Hall–Kier alpha value is -2.15. The van der Waals surface area contributed by atoms with Crippen molar-refractivity contribution in [2.45, 2.75) is 32.7 Å². The van der Waals surface area contributed by atoms with Gasteiger partial charge in [0.05, 0.1) is 11.7 Å². The van der Waals surface area contributed by atoms with Crippen LogP contribution in [0.2, 0.25) is 0 Å². The minimum Gasteiger partial charge on any atom is -0.361 e. The summed E-state index contributed by atoms with van der Waals surface area (Å²) >= 11 is 1.53. The van der Waals surface area contributed by atoms with Gasteiger partial charge in [0.25, 0.3) is 5.91 Å². The Balaban J connectivity index is 1.68. The van der Waals surface area contributed by atoms with Gasteiger partial charge in [0.1, 0.15) is 11.5 Å². The summed E-state index contributed by atoms with van der Waals surface area (Å²) in [7, 11) is 0. The van der Waals surface area contributed by atoms with Crippen molar-refractivity contribution >= 4 is 22.2 Å². The molecule has 1 aliphatic rings. The molecule has 0 bridgehead atoms. The molecule has 0 spiro atoms. The van der Waals surface area contributed by atoms with Crippen LogP contribution in [0.1, 0.15) is 46.4 Å². The van der Waals surface area contributed by atoms with Crippen LogP contribution >= 0.6 is 11.3 Å². The molecule has 0 radical (unpaired) electrons. The standard InChI is InChI=1S/C15H16N4O2S/c1-9-13(10(2)21-17-9)12-4-3-5-19(12)14(20)11-8-18-6-7-22-15(18)16-11/h6-8,12H,3-5H2,1-2H3.